The van der Waals surface area contributed by atoms with Gasteiger partial charge in [-0.3, -0.25) is 0 Å². The van der Waals surface area contributed by atoms with Gasteiger partial charge in [0.1, 0.15) is 11.5 Å². The van der Waals surface area contributed by atoms with Crippen LogP contribution in [0.5, 0.6) is 11.5 Å². The number of esters is 2. The standard InChI is InChI=1S/C30H34N2O5/c1-3-5-7-9-11-13-27(33)35-25-19-15-23(16-20-25)29-31-32-30(37-29)24-17-21-26(22-18-24)36-28(34)14-12-10-8-6-4-2/h11-22H,3-10H2,1-2H3. The van der Waals surface area contributed by atoms with E-state index in [0.717, 1.165) is 51.4 Å². The minimum absolute atomic E-state index is 0.340. The Kier molecular flexibility index (Phi) is 11.3. The van der Waals surface area contributed by atoms with Crippen LogP contribution in [0.2, 0.25) is 0 Å². The Morgan fingerprint density at radius 2 is 1.08 bits per heavy atom. The van der Waals surface area contributed by atoms with Crippen molar-refractivity contribution in [3.63, 3.8) is 0 Å². The number of benzene rings is 2. The molecule has 0 unspecified atom stereocenters. The average Bonchev–Trinajstić information content (AvgIpc) is 3.40. The molecule has 7 nitrogen and oxygen atoms in total. The molecule has 0 amide bonds. The molecule has 0 bridgehead atoms. The second-order valence-electron chi connectivity index (χ2n) is 8.60. The molecule has 0 saturated carbocycles. The predicted molar refractivity (Wildman–Crippen MR) is 143 cm³/mol. The van der Waals surface area contributed by atoms with Crippen LogP contribution in [0.15, 0.2) is 77.3 Å². The molecule has 0 atom stereocenters. The minimum atomic E-state index is -0.401. The molecule has 0 spiro atoms. The summed E-state index contributed by atoms with van der Waals surface area (Å²) in [5.74, 6) is 0.753. The molecule has 0 aliphatic carbocycles. The van der Waals surface area contributed by atoms with Crippen molar-refractivity contribution in [1.29, 1.82) is 0 Å². The second kappa shape index (κ2) is 15.2. The van der Waals surface area contributed by atoms with E-state index in [-0.39, 0.29) is 0 Å². The molecule has 194 valence electrons. The van der Waals surface area contributed by atoms with Crippen molar-refractivity contribution in [2.75, 3.05) is 0 Å². The molecule has 3 rings (SSSR count). The zero-order valence-corrected chi connectivity index (χ0v) is 21.5. The third-order valence-electron chi connectivity index (χ3n) is 5.52. The normalized spacial score (nSPS) is 11.3. The number of nitrogens with zero attached hydrogens (tertiary/aromatic N) is 2. The van der Waals surface area contributed by atoms with Crippen LogP contribution in [0.4, 0.5) is 0 Å². The van der Waals surface area contributed by atoms with Crippen molar-refractivity contribution in [3.05, 3.63) is 72.8 Å². The van der Waals surface area contributed by atoms with Gasteiger partial charge in [0.2, 0.25) is 11.8 Å². The topological polar surface area (TPSA) is 91.5 Å². The highest BCUT2D eigenvalue weighted by Crippen LogP contribution is 2.27. The number of carbonyl (C=O) groups is 2. The summed E-state index contributed by atoms with van der Waals surface area (Å²) in [6.07, 6.45) is 15.1. The van der Waals surface area contributed by atoms with Crippen molar-refractivity contribution in [2.45, 2.75) is 65.2 Å². The number of allylic oxidation sites excluding steroid dienone is 2. The van der Waals surface area contributed by atoms with E-state index in [1.54, 1.807) is 48.5 Å². The third kappa shape index (κ3) is 9.52. The van der Waals surface area contributed by atoms with E-state index in [1.165, 1.54) is 12.2 Å². The van der Waals surface area contributed by atoms with Crippen molar-refractivity contribution in [1.82, 2.24) is 10.2 Å². The maximum absolute atomic E-state index is 11.9. The first-order valence-corrected chi connectivity index (χ1v) is 12.9. The molecular formula is C30H34N2O5. The van der Waals surface area contributed by atoms with Crippen molar-refractivity contribution >= 4 is 11.9 Å². The molecule has 1 heterocycles. The fraction of sp³-hybridized carbons (Fsp3) is 0.333. The first-order valence-electron chi connectivity index (χ1n) is 12.9. The summed E-state index contributed by atoms with van der Waals surface area (Å²) in [6, 6.07) is 13.7. The summed E-state index contributed by atoms with van der Waals surface area (Å²) in [7, 11) is 0. The van der Waals surface area contributed by atoms with Gasteiger partial charge in [0.15, 0.2) is 0 Å². The lowest BCUT2D eigenvalue weighted by Gasteiger charge is -2.02. The summed E-state index contributed by atoms with van der Waals surface area (Å²) < 4.78 is 16.5. The van der Waals surface area contributed by atoms with E-state index >= 15 is 0 Å². The molecule has 0 aliphatic heterocycles. The fourth-order valence-electron chi connectivity index (χ4n) is 3.47. The lowest BCUT2D eigenvalue weighted by atomic mass is 10.2. The second-order valence-corrected chi connectivity index (χ2v) is 8.60. The van der Waals surface area contributed by atoms with Gasteiger partial charge in [0.25, 0.3) is 0 Å². The number of aromatic nitrogens is 2. The average molecular weight is 503 g/mol. The largest absolute Gasteiger partial charge is 0.423 e. The monoisotopic (exact) mass is 502 g/mol. The zero-order chi connectivity index (χ0) is 26.3. The Labute approximate surface area is 218 Å². The van der Waals surface area contributed by atoms with Crippen molar-refractivity contribution in [3.8, 4) is 34.4 Å². The van der Waals surface area contributed by atoms with Crippen LogP contribution in [0.1, 0.15) is 65.2 Å². The Morgan fingerprint density at radius 1 is 0.676 bits per heavy atom. The maximum Gasteiger partial charge on any atom is 0.335 e. The SMILES string of the molecule is CCCCCC=CC(=O)Oc1ccc(-c2nnc(-c3ccc(OC(=O)C=CCCCCC)cc3)o2)cc1. The van der Waals surface area contributed by atoms with Crippen molar-refractivity contribution in [2.24, 2.45) is 0 Å². The molecule has 2 aromatic carbocycles. The zero-order valence-electron chi connectivity index (χ0n) is 21.5. The predicted octanol–water partition coefficient (Wildman–Crippen LogP) is 7.49. The van der Waals surface area contributed by atoms with Gasteiger partial charge in [0, 0.05) is 23.3 Å². The van der Waals surface area contributed by atoms with Gasteiger partial charge in [-0.1, -0.05) is 51.7 Å². The molecule has 3 aromatic rings. The molecule has 0 aliphatic rings. The van der Waals surface area contributed by atoms with Crippen molar-refractivity contribution < 1.29 is 23.5 Å². The molecule has 0 radical (unpaired) electrons. The number of rotatable bonds is 14. The Balaban J connectivity index is 1.52. The maximum atomic E-state index is 11.9. The van der Waals surface area contributed by atoms with Gasteiger partial charge in [-0.2, -0.15) is 0 Å². The number of hydrogen-bond acceptors (Lipinski definition) is 7. The highest BCUT2D eigenvalue weighted by atomic mass is 16.5. The number of carbonyl (C=O) groups excluding carboxylic acids is 2. The van der Waals surface area contributed by atoms with Gasteiger partial charge < -0.3 is 13.9 Å². The van der Waals surface area contributed by atoms with E-state index in [9.17, 15) is 9.59 Å². The lowest BCUT2D eigenvalue weighted by Crippen LogP contribution is -2.03. The number of ether oxygens (including phenoxy) is 2. The molecule has 0 N–H and O–H groups in total. The summed E-state index contributed by atoms with van der Waals surface area (Å²) in [5.41, 5.74) is 1.40. The van der Waals surface area contributed by atoms with Gasteiger partial charge in [0.05, 0.1) is 0 Å². The summed E-state index contributed by atoms with van der Waals surface area (Å²) >= 11 is 0. The quantitative estimate of drug-likeness (QED) is 0.0976. The highest BCUT2D eigenvalue weighted by molar-refractivity contribution is 5.84. The fourth-order valence-corrected chi connectivity index (χ4v) is 3.47. The van der Waals surface area contributed by atoms with Gasteiger partial charge in [-0.05, 0) is 74.2 Å². The van der Waals surface area contributed by atoms with Crippen LogP contribution in [0.3, 0.4) is 0 Å². The Morgan fingerprint density at radius 3 is 1.46 bits per heavy atom. The van der Waals surface area contributed by atoms with E-state index in [1.807, 2.05) is 12.2 Å². The van der Waals surface area contributed by atoms with Crippen LogP contribution in [0.25, 0.3) is 22.9 Å². The van der Waals surface area contributed by atoms with Crippen LogP contribution in [-0.2, 0) is 9.59 Å². The van der Waals surface area contributed by atoms with Crippen LogP contribution < -0.4 is 9.47 Å². The summed E-state index contributed by atoms with van der Waals surface area (Å²) in [4.78, 5) is 23.9. The van der Waals surface area contributed by atoms with E-state index in [2.05, 4.69) is 24.0 Å². The highest BCUT2D eigenvalue weighted by Gasteiger charge is 2.12. The van der Waals surface area contributed by atoms with Gasteiger partial charge in [-0.25, -0.2) is 9.59 Å². The summed E-state index contributed by atoms with van der Waals surface area (Å²) in [5, 5.41) is 8.23. The minimum Gasteiger partial charge on any atom is -0.423 e. The van der Waals surface area contributed by atoms with Crippen LogP contribution in [-0.4, -0.2) is 22.1 Å². The Bertz CT molecular complexity index is 1090. The molecule has 0 fully saturated rings. The molecular weight excluding hydrogens is 468 g/mol. The van der Waals surface area contributed by atoms with Crippen LogP contribution >= 0.6 is 0 Å². The molecule has 1 aromatic heterocycles. The lowest BCUT2D eigenvalue weighted by molar-refractivity contribution is -0.129. The third-order valence-corrected chi connectivity index (χ3v) is 5.52. The first-order chi connectivity index (χ1) is 18.1. The van der Waals surface area contributed by atoms with E-state index in [4.69, 9.17) is 13.9 Å². The summed E-state index contributed by atoms with van der Waals surface area (Å²) in [6.45, 7) is 4.29. The molecule has 0 saturated heterocycles. The number of unbranched alkanes of at least 4 members (excludes halogenated alkanes) is 6. The molecule has 37 heavy (non-hydrogen) atoms. The molecule has 7 heteroatoms. The van der Waals surface area contributed by atoms with E-state index in [0.29, 0.717) is 34.4 Å². The first kappa shape index (κ1) is 27.6. The van der Waals surface area contributed by atoms with Gasteiger partial charge >= 0.3 is 11.9 Å². The number of hydrogen-bond donors (Lipinski definition) is 0. The van der Waals surface area contributed by atoms with Gasteiger partial charge in [-0.15, -0.1) is 10.2 Å². The van der Waals surface area contributed by atoms with E-state index < -0.39 is 11.9 Å². The van der Waals surface area contributed by atoms with Crippen LogP contribution in [0, 0.1) is 0 Å². The smallest absolute Gasteiger partial charge is 0.335 e. The Hall–Kier alpha value is -4.00.